The van der Waals surface area contributed by atoms with Gasteiger partial charge in [0.2, 0.25) is 5.91 Å². The van der Waals surface area contributed by atoms with Crippen LogP contribution in [0.15, 0.2) is 18.2 Å². The van der Waals surface area contributed by atoms with Gasteiger partial charge >= 0.3 is 6.09 Å². The van der Waals surface area contributed by atoms with E-state index < -0.39 is 6.09 Å². The number of nitrogens with one attached hydrogen (secondary N) is 1. The van der Waals surface area contributed by atoms with Crippen LogP contribution in [0.25, 0.3) is 0 Å². The lowest BCUT2D eigenvalue weighted by Crippen LogP contribution is -2.33. The molecule has 0 saturated carbocycles. The number of nitrogen functional groups attached to an aromatic ring is 1. The van der Waals surface area contributed by atoms with Gasteiger partial charge in [0.1, 0.15) is 6.10 Å². The number of cyclic esters (lactones) is 1. The Hall–Kier alpha value is -2.24. The second-order valence-corrected chi connectivity index (χ2v) is 4.60. The van der Waals surface area contributed by atoms with Crippen molar-refractivity contribution in [2.24, 2.45) is 0 Å². The maximum absolute atomic E-state index is 11.8. The SMILES string of the molecule is CC(=O)NC[C@H]1CN(c2ccc(N)cc2C)C(=O)O1. The predicted molar refractivity (Wildman–Crippen MR) is 71.9 cm³/mol. The van der Waals surface area contributed by atoms with Crippen molar-refractivity contribution >= 4 is 23.4 Å². The van der Waals surface area contributed by atoms with Crippen molar-refractivity contribution in [3.63, 3.8) is 0 Å². The first-order chi connectivity index (χ1) is 8.97. The maximum Gasteiger partial charge on any atom is 0.414 e. The fraction of sp³-hybridized carbons (Fsp3) is 0.385. The fourth-order valence-electron chi connectivity index (χ4n) is 2.06. The van der Waals surface area contributed by atoms with Crippen LogP contribution in [0.5, 0.6) is 0 Å². The zero-order valence-corrected chi connectivity index (χ0v) is 11.0. The first kappa shape index (κ1) is 13.2. The number of anilines is 2. The van der Waals surface area contributed by atoms with Gasteiger partial charge in [0, 0.05) is 12.6 Å². The molecule has 2 rings (SSSR count). The Morgan fingerprint density at radius 2 is 2.32 bits per heavy atom. The lowest BCUT2D eigenvalue weighted by Gasteiger charge is -2.16. The highest BCUT2D eigenvalue weighted by Crippen LogP contribution is 2.26. The molecule has 0 aromatic heterocycles. The number of carbonyl (C=O) groups is 2. The van der Waals surface area contributed by atoms with Gasteiger partial charge in [0.15, 0.2) is 0 Å². The molecule has 3 N–H and O–H groups in total. The molecule has 0 spiro atoms. The average Bonchev–Trinajstić information content (AvgIpc) is 2.68. The molecule has 1 atom stereocenters. The van der Waals surface area contributed by atoms with E-state index in [-0.39, 0.29) is 12.0 Å². The first-order valence-electron chi connectivity index (χ1n) is 6.06. The van der Waals surface area contributed by atoms with E-state index >= 15 is 0 Å². The minimum Gasteiger partial charge on any atom is -0.442 e. The van der Waals surface area contributed by atoms with Gasteiger partial charge in [0.05, 0.1) is 18.8 Å². The molecule has 1 fully saturated rings. The number of aryl methyl sites for hydroxylation is 1. The van der Waals surface area contributed by atoms with Crippen molar-refractivity contribution in [2.75, 3.05) is 23.7 Å². The van der Waals surface area contributed by atoms with E-state index in [4.69, 9.17) is 10.5 Å². The van der Waals surface area contributed by atoms with Crippen LogP contribution in [0.3, 0.4) is 0 Å². The number of hydrogen-bond donors (Lipinski definition) is 2. The fourth-order valence-corrected chi connectivity index (χ4v) is 2.06. The van der Waals surface area contributed by atoms with Crippen molar-refractivity contribution in [3.05, 3.63) is 23.8 Å². The van der Waals surface area contributed by atoms with E-state index in [1.165, 1.54) is 6.92 Å². The summed E-state index contributed by atoms with van der Waals surface area (Å²) in [4.78, 5) is 24.2. The smallest absolute Gasteiger partial charge is 0.414 e. The zero-order valence-electron chi connectivity index (χ0n) is 11.0. The van der Waals surface area contributed by atoms with Gasteiger partial charge in [-0.3, -0.25) is 9.69 Å². The topological polar surface area (TPSA) is 84.7 Å². The first-order valence-corrected chi connectivity index (χ1v) is 6.06. The Labute approximate surface area is 111 Å². The van der Waals surface area contributed by atoms with E-state index in [0.29, 0.717) is 18.8 Å². The quantitative estimate of drug-likeness (QED) is 0.798. The molecule has 1 aliphatic heterocycles. The second-order valence-electron chi connectivity index (χ2n) is 4.60. The summed E-state index contributed by atoms with van der Waals surface area (Å²) in [6.07, 6.45) is -0.725. The van der Waals surface area contributed by atoms with E-state index in [0.717, 1.165) is 11.3 Å². The standard InChI is InChI=1S/C13H17N3O3/c1-8-5-10(14)3-4-12(8)16-7-11(19-13(16)18)6-15-9(2)17/h3-5,11H,6-7,14H2,1-2H3,(H,15,17)/t11-/m0/s1. The molecule has 0 radical (unpaired) electrons. The van der Waals surface area contributed by atoms with Crippen LogP contribution in [0, 0.1) is 6.92 Å². The van der Waals surface area contributed by atoms with Crippen LogP contribution < -0.4 is 16.0 Å². The summed E-state index contributed by atoms with van der Waals surface area (Å²) in [6.45, 7) is 4.06. The highest BCUT2D eigenvalue weighted by atomic mass is 16.6. The third-order valence-corrected chi connectivity index (χ3v) is 2.96. The van der Waals surface area contributed by atoms with E-state index in [9.17, 15) is 9.59 Å². The number of nitrogens with two attached hydrogens (primary N) is 1. The molecule has 2 amide bonds. The summed E-state index contributed by atoms with van der Waals surface area (Å²) in [5.41, 5.74) is 8.04. The molecule has 0 aliphatic carbocycles. The molecule has 1 heterocycles. The van der Waals surface area contributed by atoms with Crippen LogP contribution in [0.1, 0.15) is 12.5 Å². The highest BCUT2D eigenvalue weighted by molar-refractivity contribution is 5.91. The van der Waals surface area contributed by atoms with Gasteiger partial charge in [-0.2, -0.15) is 0 Å². The lowest BCUT2D eigenvalue weighted by molar-refractivity contribution is -0.119. The monoisotopic (exact) mass is 263 g/mol. The number of ether oxygens (including phenoxy) is 1. The molecule has 1 aliphatic rings. The van der Waals surface area contributed by atoms with Gasteiger partial charge in [-0.25, -0.2) is 4.79 Å². The summed E-state index contributed by atoms with van der Waals surface area (Å²) < 4.78 is 5.21. The van der Waals surface area contributed by atoms with Crippen LogP contribution in [0.2, 0.25) is 0 Å². The molecule has 19 heavy (non-hydrogen) atoms. The third kappa shape index (κ3) is 2.96. The molecular weight excluding hydrogens is 246 g/mol. The van der Waals surface area contributed by atoms with Crippen LogP contribution >= 0.6 is 0 Å². The summed E-state index contributed by atoms with van der Waals surface area (Å²) in [5, 5.41) is 2.64. The molecule has 102 valence electrons. The average molecular weight is 263 g/mol. The normalized spacial score (nSPS) is 18.3. The van der Waals surface area contributed by atoms with Gasteiger partial charge in [-0.1, -0.05) is 0 Å². The van der Waals surface area contributed by atoms with Gasteiger partial charge in [-0.15, -0.1) is 0 Å². The molecule has 1 saturated heterocycles. The highest BCUT2D eigenvalue weighted by Gasteiger charge is 2.32. The number of nitrogens with zero attached hydrogens (tertiary/aromatic N) is 1. The second kappa shape index (κ2) is 5.17. The Morgan fingerprint density at radius 3 is 2.95 bits per heavy atom. The largest absolute Gasteiger partial charge is 0.442 e. The Bertz CT molecular complexity index is 516. The van der Waals surface area contributed by atoms with Crippen molar-refractivity contribution in [2.45, 2.75) is 20.0 Å². The Balaban J connectivity index is 2.09. The van der Waals surface area contributed by atoms with E-state index in [2.05, 4.69) is 5.32 Å². The predicted octanol–water partition coefficient (Wildman–Crippen LogP) is 1.04. The van der Waals surface area contributed by atoms with E-state index in [1.807, 2.05) is 13.0 Å². The number of carbonyl (C=O) groups excluding carboxylic acids is 2. The molecule has 0 unspecified atom stereocenters. The third-order valence-electron chi connectivity index (χ3n) is 2.96. The molecule has 6 nitrogen and oxygen atoms in total. The number of rotatable bonds is 3. The van der Waals surface area contributed by atoms with Crippen molar-refractivity contribution in [1.82, 2.24) is 5.32 Å². The molecule has 0 bridgehead atoms. The van der Waals surface area contributed by atoms with E-state index in [1.54, 1.807) is 17.0 Å². The van der Waals surface area contributed by atoms with Gasteiger partial charge < -0.3 is 15.8 Å². The van der Waals surface area contributed by atoms with Crippen LogP contribution in [-0.2, 0) is 9.53 Å². The molecule has 1 aromatic carbocycles. The molecule has 1 aromatic rings. The lowest BCUT2D eigenvalue weighted by atomic mass is 10.1. The van der Waals surface area contributed by atoms with Gasteiger partial charge in [0.25, 0.3) is 0 Å². The van der Waals surface area contributed by atoms with Crippen LogP contribution in [0.4, 0.5) is 16.2 Å². The number of benzene rings is 1. The number of hydrogen-bond acceptors (Lipinski definition) is 4. The van der Waals surface area contributed by atoms with Gasteiger partial charge in [-0.05, 0) is 30.7 Å². The summed E-state index contributed by atoms with van der Waals surface area (Å²) in [7, 11) is 0. The van der Waals surface area contributed by atoms with Crippen LogP contribution in [-0.4, -0.2) is 31.2 Å². The van der Waals surface area contributed by atoms with Crippen molar-refractivity contribution in [3.8, 4) is 0 Å². The Kier molecular flexibility index (Phi) is 3.59. The molecule has 6 heteroatoms. The zero-order chi connectivity index (χ0) is 14.0. The minimum absolute atomic E-state index is 0.141. The maximum atomic E-state index is 11.8. The van der Waals surface area contributed by atoms with Crippen molar-refractivity contribution < 1.29 is 14.3 Å². The summed E-state index contributed by atoms with van der Waals surface area (Å²) in [5.74, 6) is -0.141. The minimum atomic E-state index is -0.400. The summed E-state index contributed by atoms with van der Waals surface area (Å²) in [6, 6.07) is 5.35. The summed E-state index contributed by atoms with van der Waals surface area (Å²) >= 11 is 0. The van der Waals surface area contributed by atoms with Crippen molar-refractivity contribution in [1.29, 1.82) is 0 Å². The Morgan fingerprint density at radius 1 is 1.58 bits per heavy atom. The molecular formula is C13H17N3O3. The number of amides is 2.